The second-order valence-corrected chi connectivity index (χ2v) is 10.3. The van der Waals surface area contributed by atoms with Crippen molar-refractivity contribution >= 4 is 24.1 Å². The highest BCUT2D eigenvalue weighted by atomic mass is 16.7. The van der Waals surface area contributed by atoms with Crippen LogP contribution >= 0.6 is 0 Å². The second kappa shape index (κ2) is 14.0. The maximum Gasteiger partial charge on any atom is 0.508 e. The molecule has 0 aliphatic carbocycles. The minimum atomic E-state index is -1.67. The van der Waals surface area contributed by atoms with E-state index in [1.807, 2.05) is 34.6 Å². The fourth-order valence-electron chi connectivity index (χ4n) is 2.81. The third-order valence-electron chi connectivity index (χ3n) is 5.18. The highest BCUT2D eigenvalue weighted by molar-refractivity contribution is 5.83. The summed E-state index contributed by atoms with van der Waals surface area (Å²) in [6.07, 6.45) is -1.02. The summed E-state index contributed by atoms with van der Waals surface area (Å²) in [5.74, 6) is -1.80. The Kier molecular flexibility index (Phi) is 12.0. The number of carbonyl (C=O) groups is 4. The van der Waals surface area contributed by atoms with E-state index in [4.69, 9.17) is 29.4 Å². The van der Waals surface area contributed by atoms with Gasteiger partial charge in [0.15, 0.2) is 11.5 Å². The van der Waals surface area contributed by atoms with Crippen molar-refractivity contribution < 1.29 is 42.9 Å². The smallest absolute Gasteiger partial charge is 0.457 e. The lowest BCUT2D eigenvalue weighted by Gasteiger charge is -2.28. The molecular formula is C27H41NO9. The number of rotatable bonds is 12. The van der Waals surface area contributed by atoms with Crippen LogP contribution in [-0.4, -0.2) is 42.9 Å². The summed E-state index contributed by atoms with van der Waals surface area (Å²) >= 11 is 0. The molecule has 0 heterocycles. The highest BCUT2D eigenvalue weighted by Crippen LogP contribution is 2.33. The van der Waals surface area contributed by atoms with Gasteiger partial charge in [-0.05, 0) is 56.7 Å². The summed E-state index contributed by atoms with van der Waals surface area (Å²) in [6, 6.07) is 4.27. The van der Waals surface area contributed by atoms with Crippen molar-refractivity contribution in [1.82, 2.24) is 0 Å². The van der Waals surface area contributed by atoms with Crippen LogP contribution in [0.3, 0.4) is 0 Å². The van der Waals surface area contributed by atoms with Crippen molar-refractivity contribution in [3.63, 3.8) is 0 Å². The predicted molar refractivity (Wildman–Crippen MR) is 136 cm³/mol. The van der Waals surface area contributed by atoms with E-state index in [0.29, 0.717) is 12.8 Å². The Labute approximate surface area is 219 Å². The zero-order valence-corrected chi connectivity index (χ0v) is 23.2. The van der Waals surface area contributed by atoms with Gasteiger partial charge in [0.2, 0.25) is 0 Å². The van der Waals surface area contributed by atoms with Crippen LogP contribution in [0.5, 0.6) is 11.5 Å². The predicted octanol–water partition coefficient (Wildman–Crippen LogP) is 4.79. The molecule has 1 rings (SSSR count). The molecule has 0 saturated carbocycles. The van der Waals surface area contributed by atoms with E-state index in [-0.39, 0.29) is 41.9 Å². The van der Waals surface area contributed by atoms with Crippen molar-refractivity contribution in [3.8, 4) is 11.5 Å². The average Bonchev–Trinajstić information content (AvgIpc) is 2.78. The zero-order chi connectivity index (χ0) is 28.4. The van der Waals surface area contributed by atoms with Crippen LogP contribution < -0.4 is 15.2 Å². The molecule has 0 spiro atoms. The van der Waals surface area contributed by atoms with Gasteiger partial charge in [0.25, 0.3) is 0 Å². The normalized spacial score (nSPS) is 14.5. The fraction of sp³-hybridized carbons (Fsp3) is 0.630. The lowest BCUT2D eigenvalue weighted by Crippen LogP contribution is -2.46. The Morgan fingerprint density at radius 2 is 1.35 bits per heavy atom. The Morgan fingerprint density at radius 1 is 0.838 bits per heavy atom. The van der Waals surface area contributed by atoms with Gasteiger partial charge in [-0.3, -0.25) is 9.59 Å². The maximum atomic E-state index is 13.0. The largest absolute Gasteiger partial charge is 0.508 e. The van der Waals surface area contributed by atoms with Gasteiger partial charge in [-0.2, -0.15) is 0 Å². The van der Waals surface area contributed by atoms with Crippen molar-refractivity contribution in [3.05, 3.63) is 23.8 Å². The highest BCUT2D eigenvalue weighted by Gasteiger charge is 2.36. The molecule has 37 heavy (non-hydrogen) atoms. The summed E-state index contributed by atoms with van der Waals surface area (Å²) in [4.78, 5) is 49.1. The monoisotopic (exact) mass is 523 g/mol. The molecular weight excluding hydrogens is 482 g/mol. The van der Waals surface area contributed by atoms with E-state index in [1.165, 1.54) is 25.1 Å². The molecule has 0 aromatic heterocycles. The average molecular weight is 524 g/mol. The molecule has 0 radical (unpaired) electrons. The third-order valence-corrected chi connectivity index (χ3v) is 5.18. The molecule has 0 aliphatic heterocycles. The van der Waals surface area contributed by atoms with Crippen LogP contribution in [0, 0.1) is 5.41 Å². The molecule has 0 bridgehead atoms. The molecule has 0 aliphatic rings. The molecule has 0 amide bonds. The van der Waals surface area contributed by atoms with Crippen molar-refractivity contribution in [1.29, 1.82) is 0 Å². The van der Waals surface area contributed by atoms with Gasteiger partial charge in [0, 0.05) is 12.8 Å². The molecule has 0 fully saturated rings. The van der Waals surface area contributed by atoms with Gasteiger partial charge in [0.1, 0.15) is 17.7 Å². The van der Waals surface area contributed by atoms with Crippen LogP contribution in [0.15, 0.2) is 18.2 Å². The Morgan fingerprint density at radius 3 is 1.86 bits per heavy atom. The molecule has 208 valence electrons. The Balaban J connectivity index is 3.02. The molecule has 10 heteroatoms. The first-order chi connectivity index (χ1) is 17.1. The maximum absolute atomic E-state index is 13.0. The minimum absolute atomic E-state index is 0.0313. The first-order valence-electron chi connectivity index (χ1n) is 12.5. The SMILES string of the molecule is CCCC(=O)Oc1ccc([C@](C)(N)C(=O)O[C@@H](C)[C@H](C)OC(=O)OCC(C)(C)C)cc1OC(=O)CCC. The minimum Gasteiger partial charge on any atom is -0.457 e. The standard InChI is InChI=1S/C27H41NO9/c1-9-11-22(29)36-20-14-13-19(15-21(20)37-23(30)12-10-2)27(8,28)24(31)34-17(3)18(4)35-25(32)33-16-26(5,6)7/h13-15,17-18H,9-12,16,28H2,1-8H3/t17-,18-,27-/m0/s1. The van der Waals surface area contributed by atoms with E-state index in [1.54, 1.807) is 13.8 Å². The van der Waals surface area contributed by atoms with Crippen molar-refractivity contribution in [2.75, 3.05) is 6.61 Å². The van der Waals surface area contributed by atoms with Crippen LogP contribution in [-0.2, 0) is 34.1 Å². The molecule has 1 aromatic rings. The first-order valence-corrected chi connectivity index (χ1v) is 12.5. The van der Waals surface area contributed by atoms with Gasteiger partial charge in [0.05, 0.1) is 6.61 Å². The number of ether oxygens (including phenoxy) is 5. The van der Waals surface area contributed by atoms with E-state index in [9.17, 15) is 19.2 Å². The summed E-state index contributed by atoms with van der Waals surface area (Å²) in [5.41, 5.74) is 4.70. The second-order valence-electron chi connectivity index (χ2n) is 10.3. The molecule has 2 N–H and O–H groups in total. The molecule has 0 saturated heterocycles. The third kappa shape index (κ3) is 10.8. The number of benzene rings is 1. The molecule has 10 nitrogen and oxygen atoms in total. The van der Waals surface area contributed by atoms with Gasteiger partial charge in [-0.15, -0.1) is 0 Å². The van der Waals surface area contributed by atoms with E-state index >= 15 is 0 Å². The van der Waals surface area contributed by atoms with Gasteiger partial charge in [-0.25, -0.2) is 9.59 Å². The first kappa shape index (κ1) is 31.9. The number of nitrogens with two attached hydrogens (primary N) is 1. The topological polar surface area (TPSA) is 140 Å². The summed E-state index contributed by atoms with van der Waals surface area (Å²) in [6.45, 7) is 14.1. The lowest BCUT2D eigenvalue weighted by molar-refractivity contribution is -0.160. The molecule has 0 unspecified atom stereocenters. The summed E-state index contributed by atoms with van der Waals surface area (Å²) in [5, 5.41) is 0. The Bertz CT molecular complexity index is 950. The number of hydrogen-bond donors (Lipinski definition) is 1. The summed E-state index contributed by atoms with van der Waals surface area (Å²) in [7, 11) is 0. The van der Waals surface area contributed by atoms with Crippen LogP contribution in [0.2, 0.25) is 0 Å². The quantitative estimate of drug-likeness (QED) is 0.300. The lowest BCUT2D eigenvalue weighted by atomic mass is 9.93. The fourth-order valence-corrected chi connectivity index (χ4v) is 2.81. The van der Waals surface area contributed by atoms with Gasteiger partial charge >= 0.3 is 24.1 Å². The van der Waals surface area contributed by atoms with E-state index < -0.39 is 41.8 Å². The summed E-state index contributed by atoms with van der Waals surface area (Å²) < 4.78 is 26.5. The molecule has 3 atom stereocenters. The van der Waals surface area contributed by atoms with E-state index in [2.05, 4.69) is 0 Å². The van der Waals surface area contributed by atoms with Gasteiger partial charge in [-0.1, -0.05) is 40.7 Å². The van der Waals surface area contributed by atoms with E-state index in [0.717, 1.165) is 0 Å². The van der Waals surface area contributed by atoms with Crippen molar-refractivity contribution in [2.45, 2.75) is 98.8 Å². The van der Waals surface area contributed by atoms with Gasteiger partial charge < -0.3 is 29.4 Å². The molecule has 1 aromatic carbocycles. The Hall–Kier alpha value is -3.14. The zero-order valence-electron chi connectivity index (χ0n) is 23.2. The van der Waals surface area contributed by atoms with Crippen LogP contribution in [0.25, 0.3) is 0 Å². The van der Waals surface area contributed by atoms with Crippen LogP contribution in [0.1, 0.15) is 86.6 Å². The number of esters is 3. The number of hydrogen-bond acceptors (Lipinski definition) is 10. The number of carbonyl (C=O) groups excluding carboxylic acids is 4. The van der Waals surface area contributed by atoms with Crippen LogP contribution in [0.4, 0.5) is 4.79 Å². The van der Waals surface area contributed by atoms with Crippen molar-refractivity contribution in [2.24, 2.45) is 11.1 Å².